The maximum Gasteiger partial charge on any atom is 0.311 e. The van der Waals surface area contributed by atoms with Crippen LogP contribution in [0.15, 0.2) is 35.8 Å². The highest BCUT2D eigenvalue weighted by Gasteiger charge is 2.28. The summed E-state index contributed by atoms with van der Waals surface area (Å²) in [6.07, 6.45) is 1.53. The van der Waals surface area contributed by atoms with Crippen molar-refractivity contribution in [2.75, 3.05) is 24.6 Å². The maximum atomic E-state index is 11.1. The first kappa shape index (κ1) is 13.0. The van der Waals surface area contributed by atoms with Crippen molar-refractivity contribution >= 4 is 22.8 Å². The summed E-state index contributed by atoms with van der Waals surface area (Å²) in [5, 5.41) is 13.1. The molecule has 7 heteroatoms. The zero-order valence-corrected chi connectivity index (χ0v) is 11.5. The molecule has 1 aliphatic rings. The second-order valence-electron chi connectivity index (χ2n) is 4.42. The number of morpholine rings is 1. The molecule has 0 spiro atoms. The van der Waals surface area contributed by atoms with Crippen LogP contribution in [0.4, 0.5) is 11.5 Å². The van der Waals surface area contributed by atoms with E-state index in [9.17, 15) is 10.1 Å². The van der Waals surface area contributed by atoms with Crippen LogP contribution in [0.1, 0.15) is 11.0 Å². The number of nitro groups is 1. The third-order valence-corrected chi connectivity index (χ3v) is 4.15. The molecule has 0 aliphatic carbocycles. The number of hydrogen-bond donors (Lipinski definition) is 0. The normalized spacial score (nSPS) is 19.0. The van der Waals surface area contributed by atoms with Gasteiger partial charge in [-0.3, -0.25) is 10.1 Å². The maximum absolute atomic E-state index is 11.1. The zero-order chi connectivity index (χ0) is 13.9. The zero-order valence-electron chi connectivity index (χ0n) is 10.6. The van der Waals surface area contributed by atoms with E-state index >= 15 is 0 Å². The minimum atomic E-state index is -0.391. The van der Waals surface area contributed by atoms with E-state index in [1.54, 1.807) is 23.6 Å². The smallest absolute Gasteiger partial charge is 0.311 e. The van der Waals surface area contributed by atoms with Gasteiger partial charge in [0.05, 0.1) is 18.1 Å². The summed E-state index contributed by atoms with van der Waals surface area (Å²) in [6.45, 7) is 1.73. The summed E-state index contributed by atoms with van der Waals surface area (Å²) in [6, 6.07) is 7.06. The first-order valence-electron chi connectivity index (χ1n) is 6.25. The summed E-state index contributed by atoms with van der Waals surface area (Å²) in [5.74, 6) is 0.419. The van der Waals surface area contributed by atoms with E-state index in [1.165, 1.54) is 6.07 Å². The van der Waals surface area contributed by atoms with Crippen LogP contribution in [-0.2, 0) is 4.74 Å². The molecule has 1 atom stereocenters. The Balaban J connectivity index is 1.86. The second kappa shape index (κ2) is 5.56. The van der Waals surface area contributed by atoms with Crippen LogP contribution < -0.4 is 4.90 Å². The molecule has 6 nitrogen and oxygen atoms in total. The summed E-state index contributed by atoms with van der Waals surface area (Å²) in [4.78, 5) is 17.9. The van der Waals surface area contributed by atoms with Crippen molar-refractivity contribution in [2.24, 2.45) is 0 Å². The first-order chi connectivity index (χ1) is 9.75. The van der Waals surface area contributed by atoms with Crippen molar-refractivity contribution in [3.8, 4) is 0 Å². The van der Waals surface area contributed by atoms with Gasteiger partial charge in [0.1, 0.15) is 6.10 Å². The van der Waals surface area contributed by atoms with Crippen LogP contribution in [0.25, 0.3) is 0 Å². The van der Waals surface area contributed by atoms with Gasteiger partial charge in [0, 0.05) is 23.7 Å². The molecule has 2 aromatic rings. The number of thiophene rings is 1. The van der Waals surface area contributed by atoms with Gasteiger partial charge in [-0.05, 0) is 17.5 Å². The Morgan fingerprint density at radius 2 is 2.35 bits per heavy atom. The lowest BCUT2D eigenvalue weighted by Gasteiger charge is -2.32. The lowest BCUT2D eigenvalue weighted by molar-refractivity contribution is -0.384. The monoisotopic (exact) mass is 291 g/mol. The molecule has 1 fully saturated rings. The summed E-state index contributed by atoms with van der Waals surface area (Å²) < 4.78 is 5.75. The average Bonchev–Trinajstić information content (AvgIpc) is 3.01. The lowest BCUT2D eigenvalue weighted by atomic mass is 10.2. The van der Waals surface area contributed by atoms with Crippen molar-refractivity contribution in [2.45, 2.75) is 6.10 Å². The van der Waals surface area contributed by atoms with Crippen LogP contribution in [0.3, 0.4) is 0 Å². The fourth-order valence-corrected chi connectivity index (χ4v) is 3.03. The molecule has 0 amide bonds. The summed E-state index contributed by atoms with van der Waals surface area (Å²) >= 11 is 1.63. The Morgan fingerprint density at radius 1 is 1.45 bits per heavy atom. The minimum Gasteiger partial charge on any atom is -0.369 e. The third-order valence-electron chi connectivity index (χ3n) is 3.19. The molecule has 1 saturated heterocycles. The predicted molar refractivity (Wildman–Crippen MR) is 76.1 cm³/mol. The van der Waals surface area contributed by atoms with Gasteiger partial charge in [0.2, 0.25) is 5.82 Å². The highest BCUT2D eigenvalue weighted by molar-refractivity contribution is 7.10. The topological polar surface area (TPSA) is 68.5 Å². The van der Waals surface area contributed by atoms with Crippen molar-refractivity contribution < 1.29 is 9.66 Å². The molecule has 3 rings (SSSR count). The molecule has 2 aromatic heterocycles. The quantitative estimate of drug-likeness (QED) is 0.642. The Bertz CT molecular complexity index is 603. The van der Waals surface area contributed by atoms with E-state index in [1.807, 2.05) is 22.4 Å². The summed E-state index contributed by atoms with van der Waals surface area (Å²) in [5.41, 5.74) is 0.0410. The van der Waals surface area contributed by atoms with Crippen LogP contribution in [-0.4, -0.2) is 29.6 Å². The predicted octanol–water partition coefficient (Wildman–Crippen LogP) is 2.63. The van der Waals surface area contributed by atoms with Gasteiger partial charge in [-0.15, -0.1) is 11.3 Å². The number of hydrogen-bond acceptors (Lipinski definition) is 6. The highest BCUT2D eigenvalue weighted by Crippen LogP contribution is 2.31. The molecular formula is C13H13N3O3S. The molecule has 0 radical (unpaired) electrons. The molecular weight excluding hydrogens is 278 g/mol. The summed E-state index contributed by atoms with van der Waals surface area (Å²) in [7, 11) is 0. The first-order valence-corrected chi connectivity index (χ1v) is 7.13. The van der Waals surface area contributed by atoms with Crippen LogP contribution in [0, 0.1) is 10.1 Å². The number of rotatable bonds is 3. The fourth-order valence-electron chi connectivity index (χ4n) is 2.26. The molecule has 1 aliphatic heterocycles. The minimum absolute atomic E-state index is 0.0410. The second-order valence-corrected chi connectivity index (χ2v) is 5.40. The number of pyridine rings is 1. The molecule has 0 N–H and O–H groups in total. The van der Waals surface area contributed by atoms with Gasteiger partial charge in [0.25, 0.3) is 0 Å². The standard InChI is InChI=1S/C13H13N3O3S/c17-16(18)10-3-1-5-14-13(10)15-6-7-19-11(9-15)12-4-2-8-20-12/h1-5,8,11H,6-7,9H2. The molecule has 0 saturated carbocycles. The molecule has 0 bridgehead atoms. The molecule has 104 valence electrons. The van der Waals surface area contributed by atoms with Gasteiger partial charge in [0.15, 0.2) is 0 Å². The Hall–Kier alpha value is -1.99. The number of nitrogens with zero attached hydrogens (tertiary/aromatic N) is 3. The Labute approximate surface area is 119 Å². The van der Waals surface area contributed by atoms with Crippen molar-refractivity contribution in [3.05, 3.63) is 50.8 Å². The van der Waals surface area contributed by atoms with Gasteiger partial charge in [-0.25, -0.2) is 4.98 Å². The van der Waals surface area contributed by atoms with Gasteiger partial charge in [-0.2, -0.15) is 0 Å². The van der Waals surface area contributed by atoms with E-state index in [2.05, 4.69) is 4.98 Å². The van der Waals surface area contributed by atoms with Gasteiger partial charge < -0.3 is 9.64 Å². The van der Waals surface area contributed by atoms with E-state index in [4.69, 9.17) is 4.74 Å². The van der Waals surface area contributed by atoms with E-state index in [-0.39, 0.29) is 11.8 Å². The molecule has 0 aromatic carbocycles. The average molecular weight is 291 g/mol. The van der Waals surface area contributed by atoms with E-state index in [0.717, 1.165) is 4.88 Å². The Kier molecular flexibility index (Phi) is 3.62. The van der Waals surface area contributed by atoms with Crippen molar-refractivity contribution in [1.82, 2.24) is 4.98 Å². The third kappa shape index (κ3) is 2.50. The van der Waals surface area contributed by atoms with Crippen molar-refractivity contribution in [3.63, 3.8) is 0 Å². The SMILES string of the molecule is O=[N+]([O-])c1cccnc1N1CCOC(c2cccs2)C1. The van der Waals surface area contributed by atoms with Crippen LogP contribution in [0.5, 0.6) is 0 Å². The van der Waals surface area contributed by atoms with Crippen molar-refractivity contribution in [1.29, 1.82) is 0 Å². The molecule has 1 unspecified atom stereocenters. The Morgan fingerprint density at radius 3 is 3.10 bits per heavy atom. The number of anilines is 1. The largest absolute Gasteiger partial charge is 0.369 e. The number of ether oxygens (including phenoxy) is 1. The molecule has 3 heterocycles. The van der Waals surface area contributed by atoms with Crippen LogP contribution >= 0.6 is 11.3 Å². The number of aromatic nitrogens is 1. The highest BCUT2D eigenvalue weighted by atomic mass is 32.1. The van der Waals surface area contributed by atoms with E-state index in [0.29, 0.717) is 25.5 Å². The van der Waals surface area contributed by atoms with Gasteiger partial charge in [-0.1, -0.05) is 6.07 Å². The van der Waals surface area contributed by atoms with E-state index < -0.39 is 4.92 Å². The van der Waals surface area contributed by atoms with Gasteiger partial charge >= 0.3 is 5.69 Å². The fraction of sp³-hybridized carbons (Fsp3) is 0.308. The molecule has 20 heavy (non-hydrogen) atoms. The lowest BCUT2D eigenvalue weighted by Crippen LogP contribution is -2.38. The van der Waals surface area contributed by atoms with Crippen LogP contribution in [0.2, 0.25) is 0 Å².